The Kier molecular flexibility index (Phi) is 3.55. The smallest absolute Gasteiger partial charge is 0.248 e. The van der Waals surface area contributed by atoms with E-state index >= 15 is 0 Å². The van der Waals surface area contributed by atoms with Crippen LogP contribution < -0.4 is 15.8 Å². The van der Waals surface area contributed by atoms with Gasteiger partial charge in [0.1, 0.15) is 5.75 Å². The highest BCUT2D eigenvalue weighted by molar-refractivity contribution is 5.99. The number of carbonyl (C=O) groups is 2. The summed E-state index contributed by atoms with van der Waals surface area (Å²) >= 11 is 0. The molecule has 128 valence electrons. The van der Waals surface area contributed by atoms with E-state index in [2.05, 4.69) is 5.32 Å². The number of carbonyl (C=O) groups excluding carboxylic acids is 2. The summed E-state index contributed by atoms with van der Waals surface area (Å²) in [5.41, 5.74) is 6.03. The van der Waals surface area contributed by atoms with Crippen molar-refractivity contribution in [1.29, 1.82) is 0 Å². The lowest BCUT2D eigenvalue weighted by Gasteiger charge is -2.55. The lowest BCUT2D eigenvalue weighted by Crippen LogP contribution is -2.51. The van der Waals surface area contributed by atoms with Gasteiger partial charge in [0, 0.05) is 5.56 Å². The zero-order chi connectivity index (χ0) is 16.9. The van der Waals surface area contributed by atoms with Crippen molar-refractivity contribution in [2.75, 3.05) is 12.4 Å². The maximum atomic E-state index is 13.1. The van der Waals surface area contributed by atoms with Crippen LogP contribution in [0.3, 0.4) is 0 Å². The Labute approximate surface area is 141 Å². The van der Waals surface area contributed by atoms with Gasteiger partial charge in [0.2, 0.25) is 11.8 Å². The van der Waals surface area contributed by atoms with Crippen LogP contribution in [-0.4, -0.2) is 18.9 Å². The fourth-order valence-electron chi connectivity index (χ4n) is 5.60. The summed E-state index contributed by atoms with van der Waals surface area (Å²) < 4.78 is 5.33. The first-order valence-corrected chi connectivity index (χ1v) is 8.78. The van der Waals surface area contributed by atoms with E-state index in [1.807, 2.05) is 0 Å². The molecule has 3 N–H and O–H groups in total. The van der Waals surface area contributed by atoms with Crippen molar-refractivity contribution in [3.8, 4) is 5.75 Å². The number of hydrogen-bond acceptors (Lipinski definition) is 3. The first kappa shape index (κ1) is 15.5. The Morgan fingerprint density at radius 3 is 2.21 bits per heavy atom. The van der Waals surface area contributed by atoms with Gasteiger partial charge in [-0.15, -0.1) is 0 Å². The molecular weight excluding hydrogens is 304 g/mol. The summed E-state index contributed by atoms with van der Waals surface area (Å²) in [4.78, 5) is 24.6. The summed E-state index contributed by atoms with van der Waals surface area (Å²) in [5.74, 6) is 2.25. The van der Waals surface area contributed by atoms with Gasteiger partial charge < -0.3 is 15.8 Å². The summed E-state index contributed by atoms with van der Waals surface area (Å²) in [6.07, 6.45) is 6.90. The van der Waals surface area contributed by atoms with Gasteiger partial charge in [-0.05, 0) is 74.5 Å². The van der Waals surface area contributed by atoms with E-state index in [1.54, 1.807) is 25.3 Å². The first-order valence-electron chi connectivity index (χ1n) is 8.78. The molecule has 0 unspecified atom stereocenters. The van der Waals surface area contributed by atoms with Gasteiger partial charge in [0.15, 0.2) is 0 Å². The number of benzene rings is 1. The standard InChI is InChI=1S/C19H24N2O3/c1-24-16-3-2-14(17(20)22)7-15(16)21-18(23)19-8-11-4-12(9-19)6-13(5-11)10-19/h2-3,7,11-13H,4-6,8-10H2,1H3,(H2,20,22)(H,21,23). The van der Waals surface area contributed by atoms with Crippen molar-refractivity contribution in [3.05, 3.63) is 23.8 Å². The van der Waals surface area contributed by atoms with Crippen LogP contribution in [0.5, 0.6) is 5.75 Å². The minimum Gasteiger partial charge on any atom is -0.495 e. The highest BCUT2D eigenvalue weighted by Gasteiger charge is 2.54. The zero-order valence-corrected chi connectivity index (χ0v) is 14.0. The van der Waals surface area contributed by atoms with Crippen LogP contribution in [0, 0.1) is 23.2 Å². The number of rotatable bonds is 4. The van der Waals surface area contributed by atoms with E-state index in [9.17, 15) is 9.59 Å². The number of nitrogens with one attached hydrogen (secondary N) is 1. The van der Waals surface area contributed by atoms with Crippen LogP contribution in [0.25, 0.3) is 0 Å². The maximum absolute atomic E-state index is 13.1. The van der Waals surface area contributed by atoms with Crippen LogP contribution >= 0.6 is 0 Å². The predicted molar refractivity (Wildman–Crippen MR) is 90.7 cm³/mol. The third-order valence-corrected chi connectivity index (χ3v) is 6.25. The summed E-state index contributed by atoms with van der Waals surface area (Å²) in [5, 5.41) is 3.04. The molecule has 0 atom stereocenters. The minimum atomic E-state index is -0.511. The molecule has 4 saturated carbocycles. The van der Waals surface area contributed by atoms with Gasteiger partial charge in [-0.25, -0.2) is 0 Å². The number of nitrogens with two attached hydrogens (primary N) is 1. The molecule has 0 saturated heterocycles. The van der Waals surface area contributed by atoms with Crippen molar-refractivity contribution in [2.45, 2.75) is 38.5 Å². The Morgan fingerprint density at radius 2 is 1.71 bits per heavy atom. The summed E-state index contributed by atoms with van der Waals surface area (Å²) in [6.45, 7) is 0. The van der Waals surface area contributed by atoms with E-state index < -0.39 is 5.91 Å². The number of hydrogen-bond donors (Lipinski definition) is 2. The minimum absolute atomic E-state index is 0.0847. The second kappa shape index (κ2) is 5.50. The van der Waals surface area contributed by atoms with Crippen LogP contribution in [0.2, 0.25) is 0 Å². The molecule has 4 aliphatic carbocycles. The van der Waals surface area contributed by atoms with Crippen molar-refractivity contribution in [1.82, 2.24) is 0 Å². The summed E-state index contributed by atoms with van der Waals surface area (Å²) in [6, 6.07) is 4.90. The second-order valence-electron chi connectivity index (χ2n) is 7.93. The lowest BCUT2D eigenvalue weighted by molar-refractivity contribution is -0.140. The molecule has 4 fully saturated rings. The Bertz CT molecular complexity index is 663. The van der Waals surface area contributed by atoms with Crippen LogP contribution in [0.15, 0.2) is 18.2 Å². The third kappa shape index (κ3) is 2.46. The highest BCUT2D eigenvalue weighted by atomic mass is 16.5. The Morgan fingerprint density at radius 1 is 1.12 bits per heavy atom. The van der Waals surface area contributed by atoms with Gasteiger partial charge in [-0.3, -0.25) is 9.59 Å². The molecule has 24 heavy (non-hydrogen) atoms. The van der Waals surface area contributed by atoms with E-state index in [0.29, 0.717) is 34.8 Å². The molecular formula is C19H24N2O3. The van der Waals surface area contributed by atoms with Crippen molar-refractivity contribution < 1.29 is 14.3 Å². The fraction of sp³-hybridized carbons (Fsp3) is 0.579. The number of methoxy groups -OCH3 is 1. The SMILES string of the molecule is COc1ccc(C(N)=O)cc1NC(=O)C12CC3CC(CC(C3)C1)C2. The van der Waals surface area contributed by atoms with Gasteiger partial charge in [0.05, 0.1) is 18.2 Å². The van der Waals surface area contributed by atoms with Gasteiger partial charge in [-0.1, -0.05) is 0 Å². The molecule has 1 aromatic rings. The lowest BCUT2D eigenvalue weighted by atomic mass is 9.49. The molecule has 0 heterocycles. The van der Waals surface area contributed by atoms with E-state index in [-0.39, 0.29) is 11.3 Å². The molecule has 4 bridgehead atoms. The Hall–Kier alpha value is -2.04. The predicted octanol–water partition coefficient (Wildman–Crippen LogP) is 2.95. The highest BCUT2D eigenvalue weighted by Crippen LogP contribution is 2.60. The van der Waals surface area contributed by atoms with Crippen molar-refractivity contribution >= 4 is 17.5 Å². The van der Waals surface area contributed by atoms with Crippen LogP contribution in [0.4, 0.5) is 5.69 Å². The fourth-order valence-corrected chi connectivity index (χ4v) is 5.60. The topological polar surface area (TPSA) is 81.4 Å². The van der Waals surface area contributed by atoms with Gasteiger partial charge >= 0.3 is 0 Å². The van der Waals surface area contributed by atoms with Crippen LogP contribution in [-0.2, 0) is 4.79 Å². The molecule has 4 aliphatic rings. The zero-order valence-electron chi connectivity index (χ0n) is 14.0. The summed E-state index contributed by atoms with van der Waals surface area (Å²) in [7, 11) is 1.56. The van der Waals surface area contributed by atoms with E-state index in [0.717, 1.165) is 19.3 Å². The largest absolute Gasteiger partial charge is 0.495 e. The number of ether oxygens (including phenoxy) is 1. The molecule has 1 aromatic carbocycles. The molecule has 0 aliphatic heterocycles. The van der Waals surface area contributed by atoms with Crippen molar-refractivity contribution in [3.63, 3.8) is 0 Å². The molecule has 5 heteroatoms. The van der Waals surface area contributed by atoms with Crippen LogP contribution in [0.1, 0.15) is 48.9 Å². The second-order valence-corrected chi connectivity index (χ2v) is 7.93. The molecule has 0 radical (unpaired) electrons. The van der Waals surface area contributed by atoms with Gasteiger partial charge in [0.25, 0.3) is 0 Å². The van der Waals surface area contributed by atoms with E-state index in [4.69, 9.17) is 10.5 Å². The molecule has 2 amide bonds. The molecule has 5 rings (SSSR count). The average Bonchev–Trinajstić information content (AvgIpc) is 2.53. The van der Waals surface area contributed by atoms with Crippen molar-refractivity contribution in [2.24, 2.45) is 28.9 Å². The van der Waals surface area contributed by atoms with Gasteiger partial charge in [-0.2, -0.15) is 0 Å². The number of primary amides is 1. The number of anilines is 1. The van der Waals surface area contributed by atoms with E-state index in [1.165, 1.54) is 19.3 Å². The Balaban J connectivity index is 1.60. The molecule has 0 aromatic heterocycles. The monoisotopic (exact) mass is 328 g/mol. The first-order chi connectivity index (χ1) is 11.5. The normalized spacial score (nSPS) is 33.3. The average molecular weight is 328 g/mol. The number of amides is 2. The maximum Gasteiger partial charge on any atom is 0.248 e. The molecule has 0 spiro atoms. The quantitative estimate of drug-likeness (QED) is 0.891. The third-order valence-electron chi connectivity index (χ3n) is 6.25. The molecule has 5 nitrogen and oxygen atoms in total.